The van der Waals surface area contributed by atoms with Gasteiger partial charge in [-0.15, -0.1) is 0 Å². The van der Waals surface area contributed by atoms with Gasteiger partial charge in [0.2, 0.25) is 0 Å². The van der Waals surface area contributed by atoms with Crippen molar-refractivity contribution in [3.8, 4) is 11.4 Å². The molecule has 1 heterocycles. The Morgan fingerprint density at radius 2 is 1.89 bits per heavy atom. The standard InChI is InChI=1S/C19H19N5O3/c1-12-9-14(7-8-16(12)27-11-13-5-3-2-4-6-13)24-10-15(22-19(21)26)17(23-24)18(20)25/h2-10H,11H2,1H3,(H2,20,25)(H3,21,22,26). The van der Waals surface area contributed by atoms with E-state index in [1.807, 2.05) is 49.4 Å². The lowest BCUT2D eigenvalue weighted by Crippen LogP contribution is -2.22. The molecule has 0 saturated heterocycles. The molecule has 0 fully saturated rings. The maximum atomic E-state index is 11.5. The second-order valence-corrected chi connectivity index (χ2v) is 5.91. The third-order valence-electron chi connectivity index (χ3n) is 3.87. The summed E-state index contributed by atoms with van der Waals surface area (Å²) < 4.78 is 7.30. The van der Waals surface area contributed by atoms with Crippen LogP contribution in [0.1, 0.15) is 21.6 Å². The molecule has 2 aromatic carbocycles. The number of primary amides is 2. The van der Waals surface area contributed by atoms with Gasteiger partial charge >= 0.3 is 6.03 Å². The molecule has 0 atom stereocenters. The third-order valence-corrected chi connectivity index (χ3v) is 3.87. The van der Waals surface area contributed by atoms with E-state index in [4.69, 9.17) is 16.2 Å². The average molecular weight is 365 g/mol. The number of hydrogen-bond acceptors (Lipinski definition) is 4. The molecule has 0 aliphatic rings. The van der Waals surface area contributed by atoms with Crippen LogP contribution in [0.15, 0.2) is 54.7 Å². The summed E-state index contributed by atoms with van der Waals surface area (Å²) >= 11 is 0. The Balaban J connectivity index is 1.82. The molecule has 0 unspecified atom stereocenters. The molecule has 0 bridgehead atoms. The molecule has 138 valence electrons. The van der Waals surface area contributed by atoms with E-state index in [0.717, 1.165) is 16.9 Å². The minimum atomic E-state index is -0.808. The molecule has 0 radical (unpaired) electrons. The first-order valence-corrected chi connectivity index (χ1v) is 8.17. The highest BCUT2D eigenvalue weighted by Gasteiger charge is 2.16. The number of urea groups is 1. The monoisotopic (exact) mass is 365 g/mol. The molecule has 0 saturated carbocycles. The summed E-state index contributed by atoms with van der Waals surface area (Å²) in [5.74, 6) is -0.0302. The molecule has 27 heavy (non-hydrogen) atoms. The van der Waals surface area contributed by atoms with E-state index in [-0.39, 0.29) is 11.4 Å². The number of nitrogens with one attached hydrogen (secondary N) is 1. The number of ether oxygens (including phenoxy) is 1. The van der Waals surface area contributed by atoms with Crippen LogP contribution in [0.2, 0.25) is 0 Å². The highest BCUT2D eigenvalue weighted by atomic mass is 16.5. The molecule has 1 aromatic heterocycles. The number of hydrogen-bond donors (Lipinski definition) is 3. The van der Waals surface area contributed by atoms with Gasteiger partial charge in [0.1, 0.15) is 12.4 Å². The molecule has 8 nitrogen and oxygen atoms in total. The Labute approximate surface area is 155 Å². The Hall–Kier alpha value is -3.81. The van der Waals surface area contributed by atoms with E-state index >= 15 is 0 Å². The minimum Gasteiger partial charge on any atom is -0.489 e. The maximum absolute atomic E-state index is 11.5. The van der Waals surface area contributed by atoms with Crippen molar-refractivity contribution in [3.63, 3.8) is 0 Å². The Kier molecular flexibility index (Phi) is 5.07. The lowest BCUT2D eigenvalue weighted by Gasteiger charge is -2.11. The topological polar surface area (TPSA) is 125 Å². The second kappa shape index (κ2) is 7.61. The molecule has 3 rings (SSSR count). The van der Waals surface area contributed by atoms with E-state index < -0.39 is 11.9 Å². The first-order valence-electron chi connectivity index (χ1n) is 8.17. The average Bonchev–Trinajstić information content (AvgIpc) is 3.05. The van der Waals surface area contributed by atoms with Gasteiger partial charge in [-0.25, -0.2) is 9.48 Å². The lowest BCUT2D eigenvalue weighted by atomic mass is 10.2. The largest absolute Gasteiger partial charge is 0.489 e. The summed E-state index contributed by atoms with van der Waals surface area (Å²) in [4.78, 5) is 22.6. The highest BCUT2D eigenvalue weighted by Crippen LogP contribution is 2.24. The van der Waals surface area contributed by atoms with Crippen molar-refractivity contribution >= 4 is 17.6 Å². The van der Waals surface area contributed by atoms with E-state index in [9.17, 15) is 9.59 Å². The number of rotatable bonds is 6. The Morgan fingerprint density at radius 1 is 1.15 bits per heavy atom. The molecule has 0 aliphatic heterocycles. The molecule has 5 N–H and O–H groups in total. The fraction of sp³-hybridized carbons (Fsp3) is 0.105. The van der Waals surface area contributed by atoms with Crippen molar-refractivity contribution in [3.05, 3.63) is 71.5 Å². The predicted octanol–water partition coefficient (Wildman–Crippen LogP) is 2.35. The van der Waals surface area contributed by atoms with Crippen LogP contribution in [0.5, 0.6) is 5.75 Å². The number of aromatic nitrogens is 2. The van der Waals surface area contributed by atoms with Gasteiger partial charge in [0, 0.05) is 0 Å². The Morgan fingerprint density at radius 3 is 2.52 bits per heavy atom. The minimum absolute atomic E-state index is 0.0733. The van der Waals surface area contributed by atoms with Gasteiger partial charge < -0.3 is 21.5 Å². The van der Waals surface area contributed by atoms with Crippen molar-refractivity contribution < 1.29 is 14.3 Å². The number of carbonyl (C=O) groups excluding carboxylic acids is 2. The lowest BCUT2D eigenvalue weighted by molar-refractivity contribution is 0.0996. The zero-order chi connectivity index (χ0) is 19.4. The van der Waals surface area contributed by atoms with Gasteiger partial charge in [-0.3, -0.25) is 4.79 Å². The number of amides is 3. The zero-order valence-electron chi connectivity index (χ0n) is 14.7. The van der Waals surface area contributed by atoms with E-state index in [2.05, 4.69) is 10.4 Å². The van der Waals surface area contributed by atoms with Gasteiger partial charge in [-0.05, 0) is 36.2 Å². The van der Waals surface area contributed by atoms with Crippen LogP contribution in [-0.2, 0) is 6.61 Å². The van der Waals surface area contributed by atoms with Crippen molar-refractivity contribution in [2.45, 2.75) is 13.5 Å². The van der Waals surface area contributed by atoms with E-state index in [1.54, 1.807) is 6.07 Å². The summed E-state index contributed by atoms with van der Waals surface area (Å²) in [6, 6.07) is 14.5. The first kappa shape index (κ1) is 18.0. The summed E-state index contributed by atoms with van der Waals surface area (Å²) in [7, 11) is 0. The maximum Gasteiger partial charge on any atom is 0.316 e. The van der Waals surface area contributed by atoms with Crippen LogP contribution in [0, 0.1) is 6.92 Å². The van der Waals surface area contributed by atoms with Crippen LogP contribution < -0.4 is 21.5 Å². The zero-order valence-corrected chi connectivity index (χ0v) is 14.7. The smallest absolute Gasteiger partial charge is 0.316 e. The molecule has 0 spiro atoms. The normalized spacial score (nSPS) is 10.4. The fourth-order valence-corrected chi connectivity index (χ4v) is 2.59. The predicted molar refractivity (Wildman–Crippen MR) is 101 cm³/mol. The van der Waals surface area contributed by atoms with Gasteiger partial charge in [-0.1, -0.05) is 30.3 Å². The summed E-state index contributed by atoms with van der Waals surface area (Å²) in [6.45, 7) is 2.37. The molecule has 0 aliphatic carbocycles. The SMILES string of the molecule is Cc1cc(-n2cc(NC(N)=O)c(C(N)=O)n2)ccc1OCc1ccccc1. The third kappa shape index (κ3) is 4.24. The van der Waals surface area contributed by atoms with Crippen molar-refractivity contribution in [2.24, 2.45) is 11.5 Å². The first-order chi connectivity index (χ1) is 12.9. The highest BCUT2D eigenvalue weighted by molar-refractivity contribution is 6.00. The number of nitrogens with zero attached hydrogens (tertiary/aromatic N) is 2. The van der Waals surface area contributed by atoms with Crippen LogP contribution >= 0.6 is 0 Å². The van der Waals surface area contributed by atoms with Gasteiger partial charge in [-0.2, -0.15) is 5.10 Å². The van der Waals surface area contributed by atoms with Gasteiger partial charge in [0.05, 0.1) is 17.6 Å². The van der Waals surface area contributed by atoms with Crippen LogP contribution in [0.3, 0.4) is 0 Å². The van der Waals surface area contributed by atoms with Crippen LogP contribution in [0.25, 0.3) is 5.69 Å². The Bertz CT molecular complexity index is 982. The molecule has 8 heteroatoms. The summed E-state index contributed by atoms with van der Waals surface area (Å²) in [5, 5.41) is 6.47. The number of benzene rings is 2. The number of anilines is 1. The molecular formula is C19H19N5O3. The van der Waals surface area contributed by atoms with Gasteiger partial charge in [0.25, 0.3) is 5.91 Å². The molecule has 3 aromatic rings. The fourth-order valence-electron chi connectivity index (χ4n) is 2.59. The number of nitrogens with two attached hydrogens (primary N) is 2. The summed E-state index contributed by atoms with van der Waals surface area (Å²) in [6.07, 6.45) is 1.48. The van der Waals surface area contributed by atoms with Crippen LogP contribution in [0.4, 0.5) is 10.5 Å². The summed E-state index contributed by atoms with van der Waals surface area (Å²) in [5.41, 5.74) is 13.1. The number of carbonyl (C=O) groups is 2. The van der Waals surface area contributed by atoms with Crippen molar-refractivity contribution in [1.82, 2.24) is 9.78 Å². The van der Waals surface area contributed by atoms with Gasteiger partial charge in [0.15, 0.2) is 5.69 Å². The van der Waals surface area contributed by atoms with E-state index in [0.29, 0.717) is 12.3 Å². The number of aryl methyl sites for hydroxylation is 1. The van der Waals surface area contributed by atoms with Crippen LogP contribution in [-0.4, -0.2) is 21.7 Å². The van der Waals surface area contributed by atoms with Crippen molar-refractivity contribution in [2.75, 3.05) is 5.32 Å². The second-order valence-electron chi connectivity index (χ2n) is 5.91. The molecule has 3 amide bonds. The van der Waals surface area contributed by atoms with Crippen molar-refractivity contribution in [1.29, 1.82) is 0 Å². The molecular weight excluding hydrogens is 346 g/mol. The van der Waals surface area contributed by atoms with E-state index in [1.165, 1.54) is 10.9 Å². The quantitative estimate of drug-likeness (QED) is 0.620.